The standard InChI is InChI=1S/C23H29N3O4S/c1-6-30-25-15-31-14-19-11-17(3)21(12-16(19)2)29-13-18-9-7-8-10-20(18)22(26-28-5)23(27)24-4/h7-12,15H,6,13-14H2,1-5H3,(H,24,27). The van der Waals surface area contributed by atoms with Crippen LogP contribution in [0, 0.1) is 13.8 Å². The van der Waals surface area contributed by atoms with E-state index < -0.39 is 0 Å². The van der Waals surface area contributed by atoms with Gasteiger partial charge in [0.1, 0.15) is 26.1 Å². The molecule has 0 atom stereocenters. The average Bonchev–Trinajstić information content (AvgIpc) is 2.78. The lowest BCUT2D eigenvalue weighted by atomic mass is 10.0. The van der Waals surface area contributed by atoms with Gasteiger partial charge >= 0.3 is 0 Å². The second kappa shape index (κ2) is 12.6. The predicted octanol–water partition coefficient (Wildman–Crippen LogP) is 4.19. The van der Waals surface area contributed by atoms with E-state index in [1.165, 1.54) is 12.7 Å². The molecule has 2 aromatic carbocycles. The molecule has 0 heterocycles. The van der Waals surface area contributed by atoms with E-state index >= 15 is 0 Å². The molecule has 0 fully saturated rings. The first-order chi connectivity index (χ1) is 15.0. The molecule has 7 nitrogen and oxygen atoms in total. The molecule has 2 aromatic rings. The number of likely N-dealkylation sites (N-methyl/N-ethyl adjacent to an activating group) is 1. The molecule has 0 aliphatic rings. The van der Waals surface area contributed by atoms with Crippen LogP contribution in [0.5, 0.6) is 5.75 Å². The van der Waals surface area contributed by atoms with Gasteiger partial charge in [0.05, 0.1) is 5.55 Å². The summed E-state index contributed by atoms with van der Waals surface area (Å²) in [5.41, 5.74) is 6.82. The molecular formula is C23H29N3O4S. The molecule has 0 aliphatic carbocycles. The average molecular weight is 444 g/mol. The molecular weight excluding hydrogens is 414 g/mol. The highest BCUT2D eigenvalue weighted by molar-refractivity contribution is 8.11. The van der Waals surface area contributed by atoms with E-state index in [1.54, 1.807) is 24.4 Å². The van der Waals surface area contributed by atoms with Crippen LogP contribution in [0.25, 0.3) is 0 Å². The van der Waals surface area contributed by atoms with Crippen LogP contribution in [0.15, 0.2) is 46.7 Å². The molecule has 2 rings (SSSR count). The molecule has 0 unspecified atom stereocenters. The minimum absolute atomic E-state index is 0.207. The SMILES string of the molecule is CCON=CSCc1cc(C)c(OCc2ccccc2C(=NOC)C(=O)NC)cc1C. The molecule has 166 valence electrons. The van der Waals surface area contributed by atoms with Crippen LogP contribution in [0.1, 0.15) is 34.7 Å². The van der Waals surface area contributed by atoms with Crippen molar-refractivity contribution < 1.29 is 19.2 Å². The zero-order valence-corrected chi connectivity index (χ0v) is 19.4. The molecule has 0 saturated heterocycles. The molecule has 31 heavy (non-hydrogen) atoms. The number of thioether (sulfide) groups is 1. The number of hydrogen-bond acceptors (Lipinski definition) is 7. The van der Waals surface area contributed by atoms with E-state index in [1.807, 2.05) is 44.2 Å². The van der Waals surface area contributed by atoms with Gasteiger partial charge < -0.3 is 19.7 Å². The molecule has 0 spiro atoms. The van der Waals surface area contributed by atoms with Gasteiger partial charge in [0.25, 0.3) is 5.91 Å². The summed E-state index contributed by atoms with van der Waals surface area (Å²) in [7, 11) is 2.97. The molecule has 1 amide bonds. The minimum Gasteiger partial charge on any atom is -0.489 e. The topological polar surface area (TPSA) is 81.5 Å². The van der Waals surface area contributed by atoms with Gasteiger partial charge in [-0.15, -0.1) is 11.8 Å². The van der Waals surface area contributed by atoms with Crippen LogP contribution in [0.4, 0.5) is 0 Å². The summed E-state index contributed by atoms with van der Waals surface area (Å²) in [6, 6.07) is 11.7. The summed E-state index contributed by atoms with van der Waals surface area (Å²) in [6.07, 6.45) is 0. The predicted molar refractivity (Wildman–Crippen MR) is 126 cm³/mol. The Morgan fingerprint density at radius 2 is 1.94 bits per heavy atom. The molecule has 0 aromatic heterocycles. The Bertz CT molecular complexity index is 944. The number of aryl methyl sites for hydroxylation is 2. The van der Waals surface area contributed by atoms with Crippen molar-refractivity contribution in [1.29, 1.82) is 0 Å². The van der Waals surface area contributed by atoms with Crippen molar-refractivity contribution >= 4 is 28.9 Å². The van der Waals surface area contributed by atoms with E-state index in [0.717, 1.165) is 28.2 Å². The maximum Gasteiger partial charge on any atom is 0.273 e. The first-order valence-corrected chi connectivity index (χ1v) is 11.0. The molecule has 8 heteroatoms. The van der Waals surface area contributed by atoms with Gasteiger partial charge in [-0.3, -0.25) is 4.79 Å². The number of carbonyl (C=O) groups excluding carboxylic acids is 1. The second-order valence-corrected chi connectivity index (χ2v) is 7.46. The third kappa shape index (κ3) is 7.03. The van der Waals surface area contributed by atoms with E-state index in [-0.39, 0.29) is 11.6 Å². The Hall–Kier alpha value is -3.00. The van der Waals surface area contributed by atoms with Crippen LogP contribution in [0.3, 0.4) is 0 Å². The summed E-state index contributed by atoms with van der Waals surface area (Å²) >= 11 is 1.58. The first-order valence-electron chi connectivity index (χ1n) is 9.91. The summed E-state index contributed by atoms with van der Waals surface area (Å²) in [4.78, 5) is 22.1. The lowest BCUT2D eigenvalue weighted by molar-refractivity contribution is -0.114. The number of carbonyl (C=O) groups is 1. The number of amides is 1. The van der Waals surface area contributed by atoms with Gasteiger partial charge in [0, 0.05) is 18.4 Å². The summed E-state index contributed by atoms with van der Waals surface area (Å²) in [5, 5.41) is 10.3. The second-order valence-electron chi connectivity index (χ2n) is 6.63. The van der Waals surface area contributed by atoms with E-state index in [2.05, 4.69) is 28.6 Å². The smallest absolute Gasteiger partial charge is 0.273 e. The van der Waals surface area contributed by atoms with Crippen LogP contribution in [-0.2, 0) is 26.8 Å². The van der Waals surface area contributed by atoms with Gasteiger partial charge in [0.15, 0.2) is 5.71 Å². The number of nitrogens with zero attached hydrogens (tertiary/aromatic N) is 2. The van der Waals surface area contributed by atoms with Crippen LogP contribution < -0.4 is 10.1 Å². The zero-order valence-electron chi connectivity index (χ0n) is 18.6. The monoisotopic (exact) mass is 443 g/mol. The number of hydrogen-bond donors (Lipinski definition) is 1. The maximum atomic E-state index is 12.2. The Balaban J connectivity index is 2.16. The normalized spacial score (nSPS) is 11.5. The quantitative estimate of drug-likeness (QED) is 0.320. The molecule has 0 aliphatic heterocycles. The van der Waals surface area contributed by atoms with Gasteiger partial charge in [-0.1, -0.05) is 40.6 Å². The number of benzene rings is 2. The Kier molecular flexibility index (Phi) is 9.90. The Morgan fingerprint density at radius 1 is 1.16 bits per heavy atom. The highest BCUT2D eigenvalue weighted by Gasteiger charge is 2.17. The van der Waals surface area contributed by atoms with Crippen LogP contribution in [-0.4, -0.2) is 37.9 Å². The lowest BCUT2D eigenvalue weighted by Gasteiger charge is -2.15. The zero-order chi connectivity index (χ0) is 22.6. The van der Waals surface area contributed by atoms with E-state index in [4.69, 9.17) is 14.4 Å². The van der Waals surface area contributed by atoms with Crippen molar-refractivity contribution in [3.63, 3.8) is 0 Å². The molecule has 0 saturated carbocycles. The van der Waals surface area contributed by atoms with Gasteiger partial charge in [-0.25, -0.2) is 0 Å². The Morgan fingerprint density at radius 3 is 2.65 bits per heavy atom. The third-order valence-electron chi connectivity index (χ3n) is 4.47. The summed E-state index contributed by atoms with van der Waals surface area (Å²) in [6.45, 7) is 6.84. The first kappa shape index (κ1) is 24.3. The summed E-state index contributed by atoms with van der Waals surface area (Å²) in [5.74, 6) is 1.28. The van der Waals surface area contributed by atoms with Gasteiger partial charge in [-0.2, -0.15) is 0 Å². The van der Waals surface area contributed by atoms with Crippen LogP contribution in [0.2, 0.25) is 0 Å². The van der Waals surface area contributed by atoms with Gasteiger partial charge in [0.2, 0.25) is 0 Å². The molecule has 1 N–H and O–H groups in total. The van der Waals surface area contributed by atoms with Gasteiger partial charge in [-0.05, 0) is 49.1 Å². The summed E-state index contributed by atoms with van der Waals surface area (Å²) < 4.78 is 6.12. The third-order valence-corrected chi connectivity index (χ3v) is 5.19. The molecule has 0 radical (unpaired) electrons. The van der Waals surface area contributed by atoms with E-state index in [0.29, 0.717) is 18.8 Å². The maximum absolute atomic E-state index is 12.2. The highest BCUT2D eigenvalue weighted by Crippen LogP contribution is 2.26. The van der Waals surface area contributed by atoms with E-state index in [9.17, 15) is 4.79 Å². The largest absolute Gasteiger partial charge is 0.489 e. The van der Waals surface area contributed by atoms with Crippen LogP contribution >= 0.6 is 11.8 Å². The van der Waals surface area contributed by atoms with Crippen molar-refractivity contribution in [2.24, 2.45) is 10.3 Å². The fourth-order valence-electron chi connectivity index (χ4n) is 2.88. The fourth-order valence-corrected chi connectivity index (χ4v) is 3.57. The molecule has 0 bridgehead atoms. The fraction of sp³-hybridized carbons (Fsp3) is 0.348. The van der Waals surface area contributed by atoms with Crippen molar-refractivity contribution in [2.75, 3.05) is 20.8 Å². The number of ether oxygens (including phenoxy) is 1. The minimum atomic E-state index is -0.323. The van der Waals surface area contributed by atoms with Crippen molar-refractivity contribution in [3.8, 4) is 5.75 Å². The van der Waals surface area contributed by atoms with Crippen molar-refractivity contribution in [2.45, 2.75) is 33.1 Å². The van der Waals surface area contributed by atoms with Crippen molar-refractivity contribution in [1.82, 2.24) is 5.32 Å². The lowest BCUT2D eigenvalue weighted by Crippen LogP contribution is -2.29. The van der Waals surface area contributed by atoms with Crippen molar-refractivity contribution in [3.05, 3.63) is 64.2 Å². The highest BCUT2D eigenvalue weighted by atomic mass is 32.2. The Labute approximate surface area is 187 Å². The number of rotatable bonds is 11. The number of nitrogens with one attached hydrogen (secondary N) is 1. The number of oxime groups is 2.